The second-order valence-electron chi connectivity index (χ2n) is 4.47. The monoisotopic (exact) mass is 183 g/mol. The standard InChI is InChI=1S/C11H21NO/c1-9-11(7-8-13-9)12-10-5-3-2-4-6-10/h9-12H,2-8H2,1H3. The minimum absolute atomic E-state index is 0.432. The molecule has 1 saturated heterocycles. The van der Waals surface area contributed by atoms with Crippen molar-refractivity contribution >= 4 is 0 Å². The third kappa shape index (κ3) is 2.44. The maximum absolute atomic E-state index is 5.54. The lowest BCUT2D eigenvalue weighted by atomic mass is 9.94. The van der Waals surface area contributed by atoms with Crippen LogP contribution in [0.4, 0.5) is 0 Å². The van der Waals surface area contributed by atoms with Gasteiger partial charge in [0.25, 0.3) is 0 Å². The van der Waals surface area contributed by atoms with Gasteiger partial charge in [0.15, 0.2) is 0 Å². The van der Waals surface area contributed by atoms with Crippen LogP contribution in [0, 0.1) is 0 Å². The fourth-order valence-corrected chi connectivity index (χ4v) is 2.52. The van der Waals surface area contributed by atoms with Gasteiger partial charge in [0, 0.05) is 18.7 Å². The quantitative estimate of drug-likeness (QED) is 0.707. The van der Waals surface area contributed by atoms with Gasteiger partial charge in [-0.25, -0.2) is 0 Å². The summed E-state index contributed by atoms with van der Waals surface area (Å²) in [5.74, 6) is 0. The van der Waals surface area contributed by atoms with Crippen LogP contribution >= 0.6 is 0 Å². The van der Waals surface area contributed by atoms with E-state index < -0.39 is 0 Å². The molecule has 2 unspecified atom stereocenters. The summed E-state index contributed by atoms with van der Waals surface area (Å²) < 4.78 is 5.54. The SMILES string of the molecule is CC1OCCC1NC1CCCCC1. The van der Waals surface area contributed by atoms with Crippen LogP contribution in [0.25, 0.3) is 0 Å². The van der Waals surface area contributed by atoms with Crippen molar-refractivity contribution in [3.63, 3.8) is 0 Å². The van der Waals surface area contributed by atoms with Crippen LogP contribution in [-0.4, -0.2) is 24.8 Å². The fourth-order valence-electron chi connectivity index (χ4n) is 2.52. The van der Waals surface area contributed by atoms with E-state index >= 15 is 0 Å². The van der Waals surface area contributed by atoms with Crippen molar-refractivity contribution in [1.29, 1.82) is 0 Å². The third-order valence-corrected chi connectivity index (χ3v) is 3.43. The molecule has 2 aliphatic rings. The van der Waals surface area contributed by atoms with E-state index in [1.807, 2.05) is 0 Å². The Labute approximate surface area is 81.0 Å². The predicted molar refractivity (Wildman–Crippen MR) is 53.8 cm³/mol. The number of rotatable bonds is 2. The first kappa shape index (κ1) is 9.47. The van der Waals surface area contributed by atoms with Crippen molar-refractivity contribution in [3.05, 3.63) is 0 Å². The molecule has 1 aliphatic heterocycles. The third-order valence-electron chi connectivity index (χ3n) is 3.43. The molecule has 0 aromatic carbocycles. The summed E-state index contributed by atoms with van der Waals surface area (Å²) in [4.78, 5) is 0. The lowest BCUT2D eigenvalue weighted by Crippen LogP contribution is -2.42. The summed E-state index contributed by atoms with van der Waals surface area (Å²) >= 11 is 0. The normalized spacial score (nSPS) is 36.7. The molecule has 1 N–H and O–H groups in total. The van der Waals surface area contributed by atoms with Gasteiger partial charge in [0.1, 0.15) is 0 Å². The molecule has 2 rings (SSSR count). The highest BCUT2D eigenvalue weighted by molar-refractivity contribution is 4.84. The average molecular weight is 183 g/mol. The summed E-state index contributed by atoms with van der Waals surface area (Å²) in [5, 5.41) is 3.74. The molecule has 13 heavy (non-hydrogen) atoms. The smallest absolute Gasteiger partial charge is 0.0700 e. The van der Waals surface area contributed by atoms with Gasteiger partial charge in [-0.05, 0) is 26.2 Å². The van der Waals surface area contributed by atoms with Crippen molar-refractivity contribution < 1.29 is 4.74 Å². The second kappa shape index (κ2) is 4.43. The summed E-state index contributed by atoms with van der Waals surface area (Å²) in [7, 11) is 0. The Kier molecular flexibility index (Phi) is 3.23. The zero-order chi connectivity index (χ0) is 9.10. The highest BCUT2D eigenvalue weighted by Gasteiger charge is 2.26. The highest BCUT2D eigenvalue weighted by atomic mass is 16.5. The number of ether oxygens (including phenoxy) is 1. The van der Waals surface area contributed by atoms with Gasteiger partial charge >= 0.3 is 0 Å². The van der Waals surface area contributed by atoms with Crippen molar-refractivity contribution in [1.82, 2.24) is 5.32 Å². The molecule has 1 aliphatic carbocycles. The number of hydrogen-bond donors (Lipinski definition) is 1. The Morgan fingerprint density at radius 3 is 2.46 bits per heavy atom. The van der Waals surface area contributed by atoms with Crippen molar-refractivity contribution in [2.45, 2.75) is 63.6 Å². The van der Waals surface area contributed by atoms with Gasteiger partial charge in [0.05, 0.1) is 6.10 Å². The van der Waals surface area contributed by atoms with Gasteiger partial charge in [-0.1, -0.05) is 19.3 Å². The van der Waals surface area contributed by atoms with Crippen LogP contribution in [0.5, 0.6) is 0 Å². The molecular weight excluding hydrogens is 162 g/mol. The highest BCUT2D eigenvalue weighted by Crippen LogP contribution is 2.21. The summed E-state index contributed by atoms with van der Waals surface area (Å²) in [6.45, 7) is 3.14. The van der Waals surface area contributed by atoms with E-state index in [-0.39, 0.29) is 0 Å². The van der Waals surface area contributed by atoms with Gasteiger partial charge in [-0.15, -0.1) is 0 Å². The second-order valence-corrected chi connectivity index (χ2v) is 4.47. The lowest BCUT2D eigenvalue weighted by Gasteiger charge is -2.27. The van der Waals surface area contributed by atoms with Gasteiger partial charge in [-0.2, -0.15) is 0 Å². The van der Waals surface area contributed by atoms with Gasteiger partial charge < -0.3 is 10.1 Å². The minimum Gasteiger partial charge on any atom is -0.377 e. The Bertz CT molecular complexity index is 154. The lowest BCUT2D eigenvalue weighted by molar-refractivity contribution is 0.109. The minimum atomic E-state index is 0.432. The molecule has 0 amide bonds. The molecule has 1 heterocycles. The average Bonchev–Trinajstić information content (AvgIpc) is 2.54. The number of hydrogen-bond acceptors (Lipinski definition) is 2. The molecule has 0 aromatic rings. The maximum Gasteiger partial charge on any atom is 0.0700 e. The van der Waals surface area contributed by atoms with E-state index in [0.29, 0.717) is 12.1 Å². The molecule has 0 spiro atoms. The van der Waals surface area contributed by atoms with E-state index in [4.69, 9.17) is 4.74 Å². The Hall–Kier alpha value is -0.0800. The zero-order valence-corrected chi connectivity index (χ0v) is 8.59. The largest absolute Gasteiger partial charge is 0.377 e. The van der Waals surface area contributed by atoms with Crippen LogP contribution in [-0.2, 0) is 4.74 Å². The molecule has 76 valence electrons. The molecule has 2 nitrogen and oxygen atoms in total. The van der Waals surface area contributed by atoms with E-state index in [1.54, 1.807) is 0 Å². The predicted octanol–water partition coefficient (Wildman–Crippen LogP) is 2.09. The Morgan fingerprint density at radius 2 is 1.85 bits per heavy atom. The van der Waals surface area contributed by atoms with Crippen LogP contribution in [0.2, 0.25) is 0 Å². The molecule has 2 fully saturated rings. The van der Waals surface area contributed by atoms with E-state index in [2.05, 4.69) is 12.2 Å². The van der Waals surface area contributed by atoms with Crippen molar-refractivity contribution in [2.24, 2.45) is 0 Å². The molecule has 0 aromatic heterocycles. The molecule has 0 bridgehead atoms. The first-order valence-electron chi connectivity index (χ1n) is 5.74. The van der Waals surface area contributed by atoms with Gasteiger partial charge in [-0.3, -0.25) is 0 Å². The van der Waals surface area contributed by atoms with E-state index in [0.717, 1.165) is 12.6 Å². The molecule has 1 saturated carbocycles. The van der Waals surface area contributed by atoms with Gasteiger partial charge in [0.2, 0.25) is 0 Å². The van der Waals surface area contributed by atoms with Crippen LogP contribution in [0.15, 0.2) is 0 Å². The summed E-state index contributed by atoms with van der Waals surface area (Å²) in [6.07, 6.45) is 8.67. The zero-order valence-electron chi connectivity index (χ0n) is 8.59. The van der Waals surface area contributed by atoms with E-state index in [9.17, 15) is 0 Å². The summed E-state index contributed by atoms with van der Waals surface area (Å²) in [6, 6.07) is 1.41. The fraction of sp³-hybridized carbons (Fsp3) is 1.00. The number of nitrogens with one attached hydrogen (secondary N) is 1. The van der Waals surface area contributed by atoms with Crippen molar-refractivity contribution in [2.75, 3.05) is 6.61 Å². The molecule has 0 radical (unpaired) electrons. The molecule has 2 atom stereocenters. The molecular formula is C11H21NO. The first-order chi connectivity index (χ1) is 6.36. The van der Waals surface area contributed by atoms with Crippen LogP contribution in [0.3, 0.4) is 0 Å². The summed E-state index contributed by atoms with van der Waals surface area (Å²) in [5.41, 5.74) is 0. The van der Waals surface area contributed by atoms with Crippen LogP contribution in [0.1, 0.15) is 45.4 Å². The maximum atomic E-state index is 5.54. The topological polar surface area (TPSA) is 21.3 Å². The van der Waals surface area contributed by atoms with E-state index in [1.165, 1.54) is 38.5 Å². The Balaban J connectivity index is 1.75. The Morgan fingerprint density at radius 1 is 1.08 bits per heavy atom. The van der Waals surface area contributed by atoms with Crippen molar-refractivity contribution in [3.8, 4) is 0 Å². The van der Waals surface area contributed by atoms with Crippen LogP contribution < -0.4 is 5.32 Å². The first-order valence-corrected chi connectivity index (χ1v) is 5.74. The molecule has 2 heteroatoms.